The SMILES string of the molecule is CC(N)=O.C[C@H](C=O)CCCCNC(=O)COCCOCCNC(=O)CCN1C(=O)C=CC1=O. The standard InChI is InChI=1S/C20H31N3O7.C2H5NO/c1-16(14-24)4-2-3-8-21-18(26)15-30-13-12-29-11-9-22-17(25)7-10-23-19(27)5-6-20(23)28;1-2(3)4/h5-6,14,16H,2-4,7-13,15H2,1H3,(H,21,26)(H,22,25);1H3,(H2,3,4)/t16-;/m0./s1. The first-order valence-corrected chi connectivity index (χ1v) is 11.1. The first-order valence-electron chi connectivity index (χ1n) is 11.1. The Balaban J connectivity index is 0.00000251. The molecule has 192 valence electrons. The van der Waals surface area contributed by atoms with Crippen molar-refractivity contribution in [3.8, 4) is 0 Å². The van der Waals surface area contributed by atoms with Gasteiger partial charge in [0.1, 0.15) is 12.9 Å². The van der Waals surface area contributed by atoms with Gasteiger partial charge in [0.2, 0.25) is 17.7 Å². The van der Waals surface area contributed by atoms with Gasteiger partial charge in [-0.3, -0.25) is 28.9 Å². The summed E-state index contributed by atoms with van der Waals surface area (Å²) in [5.74, 6) is -1.57. The van der Waals surface area contributed by atoms with E-state index in [4.69, 9.17) is 9.47 Å². The minimum atomic E-state index is -0.408. The number of carbonyl (C=O) groups excluding carboxylic acids is 6. The molecule has 12 heteroatoms. The number of unbranched alkanes of at least 4 members (excludes halogenated alkanes) is 1. The van der Waals surface area contributed by atoms with E-state index in [1.807, 2.05) is 6.92 Å². The molecule has 0 aromatic rings. The second-order valence-corrected chi connectivity index (χ2v) is 7.50. The molecule has 1 aliphatic rings. The number of aldehydes is 1. The monoisotopic (exact) mass is 484 g/mol. The number of hydrogen-bond acceptors (Lipinski definition) is 8. The number of nitrogens with one attached hydrogen (secondary N) is 2. The maximum Gasteiger partial charge on any atom is 0.253 e. The highest BCUT2D eigenvalue weighted by Gasteiger charge is 2.23. The molecule has 0 bridgehead atoms. The molecule has 1 atom stereocenters. The van der Waals surface area contributed by atoms with Gasteiger partial charge in [0, 0.05) is 51.0 Å². The Morgan fingerprint density at radius 2 is 1.59 bits per heavy atom. The predicted octanol–water partition coefficient (Wildman–Crippen LogP) is -0.936. The summed E-state index contributed by atoms with van der Waals surface area (Å²) in [6.45, 7) is 4.85. The number of primary amides is 1. The van der Waals surface area contributed by atoms with Crippen molar-refractivity contribution in [2.75, 3.05) is 46.1 Å². The van der Waals surface area contributed by atoms with E-state index < -0.39 is 11.8 Å². The molecule has 0 aromatic carbocycles. The molecule has 0 fully saturated rings. The van der Waals surface area contributed by atoms with Crippen molar-refractivity contribution < 1.29 is 38.2 Å². The van der Waals surface area contributed by atoms with Gasteiger partial charge >= 0.3 is 0 Å². The molecule has 0 saturated carbocycles. The van der Waals surface area contributed by atoms with Gasteiger partial charge in [0.05, 0.1) is 19.8 Å². The maximum atomic E-state index is 11.7. The maximum absolute atomic E-state index is 11.7. The molecular formula is C22H36N4O8. The highest BCUT2D eigenvalue weighted by molar-refractivity contribution is 6.13. The summed E-state index contributed by atoms with van der Waals surface area (Å²) in [7, 11) is 0. The summed E-state index contributed by atoms with van der Waals surface area (Å²) in [6, 6.07) is 0. The lowest BCUT2D eigenvalue weighted by molar-refractivity contribution is -0.137. The second kappa shape index (κ2) is 19.4. The molecule has 4 N–H and O–H groups in total. The lowest BCUT2D eigenvalue weighted by Gasteiger charge is -2.13. The number of nitrogens with zero attached hydrogens (tertiary/aromatic N) is 1. The lowest BCUT2D eigenvalue weighted by atomic mass is 10.1. The van der Waals surface area contributed by atoms with E-state index in [1.54, 1.807) is 0 Å². The average molecular weight is 485 g/mol. The van der Waals surface area contributed by atoms with Crippen LogP contribution in [0.5, 0.6) is 0 Å². The number of carbonyl (C=O) groups is 6. The molecule has 0 aromatic heterocycles. The third-order valence-electron chi connectivity index (χ3n) is 4.28. The van der Waals surface area contributed by atoms with Crippen LogP contribution < -0.4 is 16.4 Å². The molecule has 0 spiro atoms. The van der Waals surface area contributed by atoms with Crippen LogP contribution >= 0.6 is 0 Å². The van der Waals surface area contributed by atoms with Crippen LogP contribution in [0.3, 0.4) is 0 Å². The van der Waals surface area contributed by atoms with E-state index in [0.29, 0.717) is 13.1 Å². The van der Waals surface area contributed by atoms with Crippen molar-refractivity contribution >= 4 is 35.8 Å². The fourth-order valence-electron chi connectivity index (χ4n) is 2.54. The Morgan fingerprint density at radius 1 is 1.00 bits per heavy atom. The summed E-state index contributed by atoms with van der Waals surface area (Å²) in [6.07, 6.45) is 5.85. The molecule has 1 heterocycles. The molecular weight excluding hydrogens is 448 g/mol. The number of imide groups is 1. The zero-order chi connectivity index (χ0) is 25.8. The van der Waals surface area contributed by atoms with E-state index >= 15 is 0 Å². The molecule has 0 saturated heterocycles. The molecule has 1 aliphatic heterocycles. The van der Waals surface area contributed by atoms with Gasteiger partial charge in [0.25, 0.3) is 11.8 Å². The van der Waals surface area contributed by atoms with Crippen LogP contribution in [0.25, 0.3) is 0 Å². The highest BCUT2D eigenvalue weighted by atomic mass is 16.5. The molecule has 0 radical (unpaired) electrons. The summed E-state index contributed by atoms with van der Waals surface area (Å²) >= 11 is 0. The van der Waals surface area contributed by atoms with Gasteiger partial charge in [-0.15, -0.1) is 0 Å². The number of rotatable bonds is 17. The molecule has 12 nitrogen and oxygen atoms in total. The van der Waals surface area contributed by atoms with E-state index in [2.05, 4.69) is 16.4 Å². The van der Waals surface area contributed by atoms with Crippen molar-refractivity contribution in [3.05, 3.63) is 12.2 Å². The highest BCUT2D eigenvalue weighted by Crippen LogP contribution is 2.04. The smallest absolute Gasteiger partial charge is 0.253 e. The first-order chi connectivity index (χ1) is 16.2. The molecule has 0 unspecified atom stereocenters. The molecule has 0 aliphatic carbocycles. The Morgan fingerprint density at radius 3 is 2.21 bits per heavy atom. The largest absolute Gasteiger partial charge is 0.377 e. The fraction of sp³-hybridized carbons (Fsp3) is 0.636. The lowest BCUT2D eigenvalue weighted by Crippen LogP contribution is -2.35. The minimum Gasteiger partial charge on any atom is -0.377 e. The number of nitrogens with two attached hydrogens (primary N) is 1. The summed E-state index contributed by atoms with van der Waals surface area (Å²) in [5.41, 5.74) is 4.47. The zero-order valence-electron chi connectivity index (χ0n) is 19.9. The van der Waals surface area contributed by atoms with Gasteiger partial charge in [0.15, 0.2) is 0 Å². The van der Waals surface area contributed by atoms with Crippen molar-refractivity contribution in [2.45, 2.75) is 39.5 Å². The Kier molecular flexibility index (Phi) is 17.6. The van der Waals surface area contributed by atoms with Gasteiger partial charge in [-0.2, -0.15) is 0 Å². The number of ether oxygens (including phenoxy) is 2. The van der Waals surface area contributed by atoms with Crippen LogP contribution in [0.2, 0.25) is 0 Å². The van der Waals surface area contributed by atoms with Gasteiger partial charge < -0.3 is 30.6 Å². The topological polar surface area (TPSA) is 174 Å². The summed E-state index contributed by atoms with van der Waals surface area (Å²) < 4.78 is 10.5. The molecule has 34 heavy (non-hydrogen) atoms. The first kappa shape index (κ1) is 30.9. The average Bonchev–Trinajstić information content (AvgIpc) is 3.10. The number of amides is 5. The van der Waals surface area contributed by atoms with Crippen LogP contribution in [0.1, 0.15) is 39.5 Å². The third kappa shape index (κ3) is 17.4. The van der Waals surface area contributed by atoms with Crippen molar-refractivity contribution in [3.63, 3.8) is 0 Å². The van der Waals surface area contributed by atoms with Crippen LogP contribution in [-0.2, 0) is 38.2 Å². The summed E-state index contributed by atoms with van der Waals surface area (Å²) in [5, 5.41) is 5.38. The van der Waals surface area contributed by atoms with Crippen molar-refractivity contribution in [2.24, 2.45) is 11.7 Å². The van der Waals surface area contributed by atoms with Crippen LogP contribution in [0.4, 0.5) is 0 Å². The summed E-state index contributed by atoms with van der Waals surface area (Å²) in [4.78, 5) is 66.7. The van der Waals surface area contributed by atoms with Crippen LogP contribution in [0, 0.1) is 5.92 Å². The van der Waals surface area contributed by atoms with Gasteiger partial charge in [-0.25, -0.2) is 0 Å². The van der Waals surface area contributed by atoms with E-state index in [0.717, 1.165) is 30.4 Å². The Bertz CT molecular complexity index is 689. The number of hydrogen-bond donors (Lipinski definition) is 3. The van der Waals surface area contributed by atoms with Crippen molar-refractivity contribution in [1.29, 1.82) is 0 Å². The molecule has 5 amide bonds. The fourth-order valence-corrected chi connectivity index (χ4v) is 2.54. The quantitative estimate of drug-likeness (QED) is 0.135. The second-order valence-electron chi connectivity index (χ2n) is 7.50. The zero-order valence-corrected chi connectivity index (χ0v) is 19.9. The van der Waals surface area contributed by atoms with E-state index in [9.17, 15) is 28.8 Å². The van der Waals surface area contributed by atoms with E-state index in [1.165, 1.54) is 19.1 Å². The van der Waals surface area contributed by atoms with E-state index in [-0.39, 0.29) is 63.0 Å². The molecule has 1 rings (SSSR count). The van der Waals surface area contributed by atoms with Crippen LogP contribution in [-0.4, -0.2) is 86.8 Å². The third-order valence-corrected chi connectivity index (χ3v) is 4.28. The Labute approximate surface area is 199 Å². The van der Waals surface area contributed by atoms with Crippen molar-refractivity contribution in [1.82, 2.24) is 15.5 Å². The minimum absolute atomic E-state index is 0.0352. The van der Waals surface area contributed by atoms with Gasteiger partial charge in [-0.05, 0) is 12.8 Å². The van der Waals surface area contributed by atoms with Crippen LogP contribution in [0.15, 0.2) is 12.2 Å². The van der Waals surface area contributed by atoms with Gasteiger partial charge in [-0.1, -0.05) is 13.3 Å². The Hall–Kier alpha value is -3.12. The predicted molar refractivity (Wildman–Crippen MR) is 122 cm³/mol. The normalized spacial score (nSPS) is 13.2.